The predicted octanol–water partition coefficient (Wildman–Crippen LogP) is 1.72. The van der Waals surface area contributed by atoms with Crippen LogP contribution in [0.2, 0.25) is 0 Å². The molecule has 1 aliphatic rings. The molecule has 26 heavy (non-hydrogen) atoms. The minimum absolute atomic E-state index is 0.134. The Morgan fingerprint density at radius 1 is 1.27 bits per heavy atom. The number of hydrogen-bond acceptors (Lipinski definition) is 5. The van der Waals surface area contributed by atoms with Crippen molar-refractivity contribution in [2.45, 2.75) is 49.8 Å². The number of esters is 1. The molecule has 0 spiro atoms. The van der Waals surface area contributed by atoms with Gasteiger partial charge in [-0.1, -0.05) is 36.8 Å². The Morgan fingerprint density at radius 3 is 2.58 bits per heavy atom. The first-order valence-corrected chi connectivity index (χ1v) is 10.2. The van der Waals surface area contributed by atoms with Gasteiger partial charge in [-0.25, -0.2) is 13.1 Å². The van der Waals surface area contributed by atoms with Gasteiger partial charge < -0.3 is 9.84 Å². The fraction of sp³-hybridized carbons (Fsp3) is 0.556. The lowest BCUT2D eigenvalue weighted by Crippen LogP contribution is -2.45. The number of hydrogen-bond donors (Lipinski definition) is 2. The van der Waals surface area contributed by atoms with Crippen molar-refractivity contribution in [1.82, 2.24) is 4.72 Å². The van der Waals surface area contributed by atoms with Gasteiger partial charge in [0.2, 0.25) is 10.0 Å². The number of methoxy groups -OCH3 is 1. The molecule has 7 nitrogen and oxygen atoms in total. The van der Waals surface area contributed by atoms with Crippen LogP contribution in [0.5, 0.6) is 0 Å². The van der Waals surface area contributed by atoms with Gasteiger partial charge in [0.15, 0.2) is 0 Å². The molecule has 8 heteroatoms. The molecule has 1 aromatic rings. The maximum Gasteiger partial charge on any atom is 0.310 e. The summed E-state index contributed by atoms with van der Waals surface area (Å²) in [6.07, 6.45) is 1.96. The maximum absolute atomic E-state index is 12.8. The highest BCUT2D eigenvalue weighted by molar-refractivity contribution is 7.90. The van der Waals surface area contributed by atoms with Gasteiger partial charge in [0.05, 0.1) is 18.3 Å². The summed E-state index contributed by atoms with van der Waals surface area (Å²) in [6.45, 7) is 0. The van der Waals surface area contributed by atoms with E-state index >= 15 is 0 Å². The van der Waals surface area contributed by atoms with Crippen molar-refractivity contribution in [2.24, 2.45) is 5.92 Å². The second-order valence-electron chi connectivity index (χ2n) is 6.58. The topological polar surface area (TPSA) is 110 Å². The first-order chi connectivity index (χ1) is 12.3. The molecule has 0 saturated heterocycles. The molecule has 3 atom stereocenters. The molecule has 1 aliphatic carbocycles. The summed E-state index contributed by atoms with van der Waals surface area (Å²) in [5.74, 6) is -2.16. The Bertz CT molecular complexity index is 718. The largest absolute Gasteiger partial charge is 0.481 e. The fourth-order valence-corrected chi connectivity index (χ4v) is 5.43. The van der Waals surface area contributed by atoms with Crippen molar-refractivity contribution in [3.8, 4) is 0 Å². The zero-order valence-electron chi connectivity index (χ0n) is 14.8. The van der Waals surface area contributed by atoms with Gasteiger partial charge in [-0.3, -0.25) is 9.59 Å². The number of aliphatic carboxylic acids is 1. The molecule has 2 N–H and O–H groups in total. The van der Waals surface area contributed by atoms with E-state index < -0.39 is 39.2 Å². The van der Waals surface area contributed by atoms with E-state index in [0.717, 1.165) is 5.56 Å². The van der Waals surface area contributed by atoms with Crippen LogP contribution >= 0.6 is 0 Å². The highest BCUT2D eigenvalue weighted by Crippen LogP contribution is 2.32. The van der Waals surface area contributed by atoms with Crippen molar-refractivity contribution in [3.05, 3.63) is 35.9 Å². The van der Waals surface area contributed by atoms with Gasteiger partial charge in [0, 0.05) is 12.5 Å². The number of carboxylic acid groups (broad SMARTS) is 1. The average Bonchev–Trinajstić information content (AvgIpc) is 3.10. The third kappa shape index (κ3) is 5.54. The summed E-state index contributed by atoms with van der Waals surface area (Å²) in [5.41, 5.74) is 0.918. The van der Waals surface area contributed by atoms with Crippen LogP contribution in [0.1, 0.15) is 37.7 Å². The van der Waals surface area contributed by atoms with Crippen molar-refractivity contribution in [1.29, 1.82) is 0 Å². The lowest BCUT2D eigenvalue weighted by Gasteiger charge is -2.23. The number of nitrogens with one attached hydrogen (secondary N) is 1. The van der Waals surface area contributed by atoms with Crippen LogP contribution in [0.3, 0.4) is 0 Å². The molecular formula is C18H25NO6S. The molecule has 0 bridgehead atoms. The zero-order valence-corrected chi connectivity index (χ0v) is 15.6. The monoisotopic (exact) mass is 383 g/mol. The molecule has 0 amide bonds. The zero-order chi connectivity index (χ0) is 19.2. The van der Waals surface area contributed by atoms with Crippen LogP contribution in [-0.4, -0.2) is 43.9 Å². The Labute approximate surface area is 153 Å². The van der Waals surface area contributed by atoms with Crippen LogP contribution in [-0.2, 0) is 30.8 Å². The van der Waals surface area contributed by atoms with E-state index in [1.807, 2.05) is 30.3 Å². The highest BCUT2D eigenvalue weighted by Gasteiger charge is 2.42. The van der Waals surface area contributed by atoms with Gasteiger partial charge in [0.1, 0.15) is 0 Å². The van der Waals surface area contributed by atoms with E-state index in [2.05, 4.69) is 4.72 Å². The average molecular weight is 383 g/mol. The van der Waals surface area contributed by atoms with Crippen molar-refractivity contribution >= 4 is 22.0 Å². The second-order valence-corrected chi connectivity index (χ2v) is 8.51. The summed E-state index contributed by atoms with van der Waals surface area (Å²) in [5, 5.41) is 8.11. The van der Waals surface area contributed by atoms with E-state index in [-0.39, 0.29) is 12.8 Å². The third-order valence-electron chi connectivity index (χ3n) is 4.72. The van der Waals surface area contributed by atoms with E-state index in [4.69, 9.17) is 9.84 Å². The number of carbonyl (C=O) groups is 2. The maximum atomic E-state index is 12.8. The Balaban J connectivity index is 2.14. The summed E-state index contributed by atoms with van der Waals surface area (Å²) in [4.78, 5) is 22.8. The number of carbonyl (C=O) groups excluding carboxylic acids is 1. The Hall–Kier alpha value is -1.93. The Kier molecular flexibility index (Phi) is 7.16. The number of benzene rings is 1. The number of ether oxygens (including phenoxy) is 1. The molecule has 0 aliphatic heterocycles. The smallest absolute Gasteiger partial charge is 0.310 e. The lowest BCUT2D eigenvalue weighted by atomic mass is 10.0. The summed E-state index contributed by atoms with van der Waals surface area (Å²) in [7, 11) is -2.52. The summed E-state index contributed by atoms with van der Waals surface area (Å²) >= 11 is 0. The van der Waals surface area contributed by atoms with Crippen molar-refractivity contribution in [3.63, 3.8) is 0 Å². The van der Waals surface area contributed by atoms with Crippen LogP contribution in [0.15, 0.2) is 30.3 Å². The Morgan fingerprint density at radius 2 is 1.96 bits per heavy atom. The minimum Gasteiger partial charge on any atom is -0.481 e. The molecule has 1 fully saturated rings. The van der Waals surface area contributed by atoms with E-state index in [0.29, 0.717) is 25.7 Å². The molecule has 0 aromatic heterocycles. The number of rotatable bonds is 9. The first-order valence-electron chi connectivity index (χ1n) is 8.68. The molecule has 0 heterocycles. The van der Waals surface area contributed by atoms with Gasteiger partial charge in [-0.15, -0.1) is 0 Å². The number of carboxylic acids is 1. The van der Waals surface area contributed by atoms with Crippen LogP contribution in [0.25, 0.3) is 0 Å². The molecule has 0 radical (unpaired) electrons. The molecule has 1 aromatic carbocycles. The molecule has 1 saturated carbocycles. The quantitative estimate of drug-likeness (QED) is 0.629. The molecule has 2 rings (SSSR count). The molecule has 3 unspecified atom stereocenters. The van der Waals surface area contributed by atoms with Gasteiger partial charge in [0.25, 0.3) is 0 Å². The van der Waals surface area contributed by atoms with Crippen molar-refractivity contribution in [2.75, 3.05) is 7.11 Å². The predicted molar refractivity (Wildman–Crippen MR) is 96.0 cm³/mol. The summed E-state index contributed by atoms with van der Waals surface area (Å²) < 4.78 is 33.1. The van der Waals surface area contributed by atoms with Crippen molar-refractivity contribution < 1.29 is 27.9 Å². The first kappa shape index (κ1) is 20.4. The molecular weight excluding hydrogens is 358 g/mol. The van der Waals surface area contributed by atoms with Crippen LogP contribution in [0, 0.1) is 5.92 Å². The van der Waals surface area contributed by atoms with Gasteiger partial charge in [-0.2, -0.15) is 0 Å². The fourth-order valence-electron chi connectivity index (χ4n) is 3.44. The normalized spacial score (nSPS) is 21.3. The highest BCUT2D eigenvalue weighted by atomic mass is 32.2. The molecule has 144 valence electrons. The summed E-state index contributed by atoms with van der Waals surface area (Å²) in [6, 6.07) is 8.76. The third-order valence-corrected chi connectivity index (χ3v) is 6.74. The second kappa shape index (κ2) is 9.14. The van der Waals surface area contributed by atoms with E-state index in [1.54, 1.807) is 0 Å². The standard InChI is InChI=1S/C18H25NO6S/c1-25-18(22)15-8-5-9-16(15)26(23,24)19-14(10-11-17(20)21)12-13-6-3-2-4-7-13/h2-4,6-7,14-16,19H,5,8-12H2,1H3,(H,20,21). The minimum atomic E-state index is -3.78. The van der Waals surface area contributed by atoms with E-state index in [1.165, 1.54) is 7.11 Å². The number of sulfonamides is 1. The lowest BCUT2D eigenvalue weighted by molar-refractivity contribution is -0.145. The van der Waals surface area contributed by atoms with Gasteiger partial charge in [-0.05, 0) is 31.2 Å². The SMILES string of the molecule is COC(=O)C1CCCC1S(=O)(=O)NC(CCC(=O)O)Cc1ccccc1. The van der Waals surface area contributed by atoms with Crippen LogP contribution < -0.4 is 4.72 Å². The van der Waals surface area contributed by atoms with Crippen LogP contribution in [0.4, 0.5) is 0 Å². The van der Waals surface area contributed by atoms with Gasteiger partial charge >= 0.3 is 11.9 Å². The van der Waals surface area contributed by atoms with E-state index in [9.17, 15) is 18.0 Å².